The molecule has 0 aliphatic heterocycles. The fourth-order valence-electron chi connectivity index (χ4n) is 8.88. The molecule has 1 aliphatic rings. The first-order valence-electron chi connectivity index (χ1n) is 19.9. The fourth-order valence-corrected chi connectivity index (χ4v) is 8.88. The number of benzene rings is 8. The molecule has 0 aromatic heterocycles. The lowest BCUT2D eigenvalue weighted by molar-refractivity contribution is 0.721. The van der Waals surface area contributed by atoms with Gasteiger partial charge in [0.1, 0.15) is 0 Å². The normalized spacial score (nSPS) is 12.6. The molecule has 8 aromatic rings. The van der Waals surface area contributed by atoms with Crippen LogP contribution in [0.15, 0.2) is 194 Å². The molecule has 0 saturated heterocycles. The molecule has 0 amide bonds. The van der Waals surface area contributed by atoms with Crippen molar-refractivity contribution >= 4 is 5.57 Å². The summed E-state index contributed by atoms with van der Waals surface area (Å²) in [4.78, 5) is 0. The predicted molar refractivity (Wildman–Crippen MR) is 239 cm³/mol. The van der Waals surface area contributed by atoms with Crippen molar-refractivity contribution in [3.8, 4) is 55.6 Å². The van der Waals surface area contributed by atoms with E-state index in [2.05, 4.69) is 215 Å². The Morgan fingerprint density at radius 2 is 1.05 bits per heavy atom. The molecule has 8 aromatic carbocycles. The largest absolute Gasteiger partial charge is 0.0729 e. The molecular formula is C56H46. The third-order valence-electron chi connectivity index (χ3n) is 11.7. The third kappa shape index (κ3) is 6.84. The molecule has 1 aliphatic carbocycles. The van der Waals surface area contributed by atoms with E-state index in [0.29, 0.717) is 0 Å². The SMILES string of the molecule is Cc1ccccc1-c1ccc2c(c1CC(C)/C=C(/c1cccc(-c3cccc(-c4ccccc4)c3)c1)c1cccc(-c3ccccc3)c1C)Cc1ccccc1-2. The molecule has 0 heteroatoms. The summed E-state index contributed by atoms with van der Waals surface area (Å²) in [5.41, 5.74) is 23.7. The zero-order valence-corrected chi connectivity index (χ0v) is 32.5. The maximum atomic E-state index is 2.56. The van der Waals surface area contributed by atoms with Crippen molar-refractivity contribution in [1.29, 1.82) is 0 Å². The van der Waals surface area contributed by atoms with Crippen molar-refractivity contribution in [3.63, 3.8) is 0 Å². The van der Waals surface area contributed by atoms with Gasteiger partial charge in [-0.05, 0) is 145 Å². The Balaban J connectivity index is 1.18. The lowest BCUT2D eigenvalue weighted by atomic mass is 9.83. The van der Waals surface area contributed by atoms with Gasteiger partial charge in [0.15, 0.2) is 0 Å². The van der Waals surface area contributed by atoms with Gasteiger partial charge in [-0.3, -0.25) is 0 Å². The topological polar surface area (TPSA) is 0 Å². The Hall–Kier alpha value is -6.50. The van der Waals surface area contributed by atoms with Crippen molar-refractivity contribution < 1.29 is 0 Å². The molecule has 0 bridgehead atoms. The second-order valence-electron chi connectivity index (χ2n) is 15.4. The molecule has 0 heterocycles. The Morgan fingerprint density at radius 1 is 0.482 bits per heavy atom. The average Bonchev–Trinajstić information content (AvgIpc) is 3.63. The zero-order chi connectivity index (χ0) is 38.0. The van der Waals surface area contributed by atoms with E-state index >= 15 is 0 Å². The first-order valence-corrected chi connectivity index (χ1v) is 19.9. The first kappa shape index (κ1) is 35.2. The molecule has 0 fully saturated rings. The van der Waals surface area contributed by atoms with Crippen LogP contribution in [0.25, 0.3) is 61.2 Å². The van der Waals surface area contributed by atoms with Gasteiger partial charge in [0.25, 0.3) is 0 Å². The number of fused-ring (bicyclic) bond motifs is 3. The lowest BCUT2D eigenvalue weighted by Crippen LogP contribution is -2.05. The standard InChI is InChI=1S/C56H46/c1-38(34-55-52(48-27-12-10-17-39(48)2)31-32-53-51-28-13-11-22-47(51)37-56(53)55)33-54(50-30-16-29-49(40(50)3)42-20-8-5-9-21-42)46-26-15-25-45(36-46)44-24-14-23-43(35-44)41-18-6-4-7-19-41/h4-33,35-36,38H,34,37H2,1-3H3/b54-33-. The lowest BCUT2D eigenvalue weighted by Gasteiger charge is -2.21. The minimum Gasteiger partial charge on any atom is -0.0729 e. The Morgan fingerprint density at radius 3 is 1.82 bits per heavy atom. The molecule has 0 spiro atoms. The van der Waals surface area contributed by atoms with Gasteiger partial charge >= 0.3 is 0 Å². The summed E-state index contributed by atoms with van der Waals surface area (Å²) in [5, 5.41) is 0. The maximum Gasteiger partial charge on any atom is -0.00105 e. The molecule has 0 nitrogen and oxygen atoms in total. The highest BCUT2D eigenvalue weighted by Gasteiger charge is 2.25. The first-order chi connectivity index (χ1) is 27.5. The quantitative estimate of drug-likeness (QED) is 0.139. The van der Waals surface area contributed by atoms with Gasteiger partial charge in [-0.15, -0.1) is 0 Å². The summed E-state index contributed by atoms with van der Waals surface area (Å²) in [7, 11) is 0. The second-order valence-corrected chi connectivity index (χ2v) is 15.4. The van der Waals surface area contributed by atoms with Gasteiger partial charge in [0.05, 0.1) is 0 Å². The van der Waals surface area contributed by atoms with Crippen LogP contribution in [-0.2, 0) is 12.8 Å². The average molecular weight is 719 g/mol. The van der Waals surface area contributed by atoms with Crippen LogP contribution in [0, 0.1) is 19.8 Å². The van der Waals surface area contributed by atoms with Crippen molar-refractivity contribution in [3.05, 3.63) is 233 Å². The van der Waals surface area contributed by atoms with Crippen LogP contribution in [-0.4, -0.2) is 0 Å². The minimum atomic E-state index is 0.257. The van der Waals surface area contributed by atoms with E-state index in [9.17, 15) is 0 Å². The van der Waals surface area contributed by atoms with E-state index < -0.39 is 0 Å². The number of hydrogen-bond acceptors (Lipinski definition) is 0. The third-order valence-corrected chi connectivity index (χ3v) is 11.7. The maximum absolute atomic E-state index is 2.56. The molecule has 0 saturated carbocycles. The van der Waals surface area contributed by atoms with Crippen LogP contribution >= 0.6 is 0 Å². The van der Waals surface area contributed by atoms with Gasteiger partial charge < -0.3 is 0 Å². The highest BCUT2D eigenvalue weighted by molar-refractivity contribution is 5.88. The van der Waals surface area contributed by atoms with Crippen LogP contribution in [0.5, 0.6) is 0 Å². The summed E-state index contributed by atoms with van der Waals surface area (Å²) in [5.74, 6) is 0.257. The molecule has 270 valence electrons. The van der Waals surface area contributed by atoms with Crippen LogP contribution in [0.3, 0.4) is 0 Å². The minimum absolute atomic E-state index is 0.257. The molecule has 1 atom stereocenters. The van der Waals surface area contributed by atoms with E-state index in [-0.39, 0.29) is 5.92 Å². The Labute approximate surface area is 332 Å². The van der Waals surface area contributed by atoms with Gasteiger partial charge in [0.2, 0.25) is 0 Å². The molecule has 9 rings (SSSR count). The van der Waals surface area contributed by atoms with E-state index in [1.54, 1.807) is 0 Å². The summed E-state index contributed by atoms with van der Waals surface area (Å²) in [6, 6.07) is 69.0. The van der Waals surface area contributed by atoms with Crippen LogP contribution in [0.4, 0.5) is 0 Å². The highest BCUT2D eigenvalue weighted by Crippen LogP contribution is 2.44. The number of aryl methyl sites for hydroxylation is 1. The van der Waals surface area contributed by atoms with E-state index in [4.69, 9.17) is 0 Å². The summed E-state index contributed by atoms with van der Waals surface area (Å²) < 4.78 is 0. The van der Waals surface area contributed by atoms with Crippen molar-refractivity contribution in [1.82, 2.24) is 0 Å². The van der Waals surface area contributed by atoms with E-state index in [1.165, 1.54) is 100 Å². The van der Waals surface area contributed by atoms with Crippen LogP contribution < -0.4 is 0 Å². The molecule has 1 unspecified atom stereocenters. The monoisotopic (exact) mass is 718 g/mol. The number of hydrogen-bond donors (Lipinski definition) is 0. The smallest absolute Gasteiger partial charge is 0.00105 e. The van der Waals surface area contributed by atoms with Crippen LogP contribution in [0.2, 0.25) is 0 Å². The van der Waals surface area contributed by atoms with Crippen molar-refractivity contribution in [2.45, 2.75) is 33.6 Å². The zero-order valence-electron chi connectivity index (χ0n) is 32.5. The van der Waals surface area contributed by atoms with Crippen LogP contribution in [0.1, 0.15) is 45.9 Å². The Kier molecular flexibility index (Phi) is 9.64. The fraction of sp³-hybridized carbons (Fsp3) is 0.107. The van der Waals surface area contributed by atoms with Gasteiger partial charge in [-0.2, -0.15) is 0 Å². The van der Waals surface area contributed by atoms with Crippen molar-refractivity contribution in [2.75, 3.05) is 0 Å². The van der Waals surface area contributed by atoms with E-state index in [1.807, 2.05) is 0 Å². The van der Waals surface area contributed by atoms with Gasteiger partial charge in [-0.25, -0.2) is 0 Å². The molecule has 0 radical (unpaired) electrons. The highest BCUT2D eigenvalue weighted by atomic mass is 14.3. The predicted octanol–water partition coefficient (Wildman–Crippen LogP) is 14.9. The summed E-state index contributed by atoms with van der Waals surface area (Å²) >= 11 is 0. The number of allylic oxidation sites excluding steroid dienone is 1. The number of rotatable bonds is 9. The second kappa shape index (κ2) is 15.3. The Bertz CT molecular complexity index is 2710. The molecule has 56 heavy (non-hydrogen) atoms. The summed E-state index contributed by atoms with van der Waals surface area (Å²) in [6.07, 6.45) is 4.48. The van der Waals surface area contributed by atoms with E-state index in [0.717, 1.165) is 12.8 Å². The van der Waals surface area contributed by atoms with Crippen molar-refractivity contribution in [2.24, 2.45) is 5.92 Å². The van der Waals surface area contributed by atoms with Gasteiger partial charge in [-0.1, -0.05) is 189 Å². The molecule has 0 N–H and O–H groups in total. The molecular weight excluding hydrogens is 673 g/mol. The van der Waals surface area contributed by atoms with Gasteiger partial charge in [0, 0.05) is 0 Å². The summed E-state index contributed by atoms with van der Waals surface area (Å²) in [6.45, 7) is 6.95.